The van der Waals surface area contributed by atoms with Crippen LogP contribution in [-0.4, -0.2) is 74.1 Å². The second-order valence-electron chi connectivity index (χ2n) is 3.54. The van der Waals surface area contributed by atoms with Gasteiger partial charge in [0.25, 0.3) is 0 Å². The Morgan fingerprint density at radius 1 is 1.19 bits per heavy atom. The van der Waals surface area contributed by atoms with Gasteiger partial charge in [-0.1, -0.05) is 6.08 Å². The molecule has 1 heterocycles. The molecule has 16 heavy (non-hydrogen) atoms. The van der Waals surface area contributed by atoms with Crippen LogP contribution in [0.5, 0.6) is 0 Å². The summed E-state index contributed by atoms with van der Waals surface area (Å²) in [5, 5.41) is 22.4. The van der Waals surface area contributed by atoms with Gasteiger partial charge in [0.1, 0.15) is 0 Å². The molecule has 4 N–H and O–H groups in total. The highest BCUT2D eigenvalue weighted by Crippen LogP contribution is 1.89. The van der Waals surface area contributed by atoms with E-state index >= 15 is 0 Å². The molecule has 0 aromatic rings. The van der Waals surface area contributed by atoms with Crippen LogP contribution in [0.1, 0.15) is 0 Å². The van der Waals surface area contributed by atoms with Gasteiger partial charge >= 0.3 is 0 Å². The van der Waals surface area contributed by atoms with Crippen LogP contribution in [0, 0.1) is 0 Å². The Labute approximate surface area is 98.1 Å². The molecule has 1 saturated heterocycles. The molecule has 1 aliphatic rings. The van der Waals surface area contributed by atoms with Crippen molar-refractivity contribution in [1.29, 1.82) is 0 Å². The lowest BCUT2D eigenvalue weighted by Crippen LogP contribution is -2.43. The fourth-order valence-electron chi connectivity index (χ4n) is 1.36. The Bertz CT molecular complexity index is 146. The summed E-state index contributed by atoms with van der Waals surface area (Å²) in [6, 6.07) is 0. The largest absolute Gasteiger partial charge is 0.395 e. The molecule has 0 amide bonds. The summed E-state index contributed by atoms with van der Waals surface area (Å²) in [4.78, 5) is 2.39. The fourth-order valence-corrected chi connectivity index (χ4v) is 1.36. The second-order valence-corrected chi connectivity index (χ2v) is 3.54. The summed E-state index contributed by atoms with van der Waals surface area (Å²) in [6.07, 6.45) is 1.96. The number of rotatable bonds is 6. The first-order chi connectivity index (χ1) is 7.85. The number of piperazine rings is 1. The van der Waals surface area contributed by atoms with Crippen LogP contribution in [0.2, 0.25) is 0 Å². The lowest BCUT2D eigenvalue weighted by Gasteiger charge is -2.25. The van der Waals surface area contributed by atoms with Crippen molar-refractivity contribution in [3.63, 3.8) is 0 Å². The predicted molar refractivity (Wildman–Crippen MR) is 66.5 cm³/mol. The van der Waals surface area contributed by atoms with Gasteiger partial charge in [-0.05, 0) is 0 Å². The van der Waals surface area contributed by atoms with Crippen molar-refractivity contribution in [3.8, 4) is 0 Å². The third kappa shape index (κ3) is 10.1. The monoisotopic (exact) mass is 231 g/mol. The van der Waals surface area contributed by atoms with Crippen LogP contribution < -0.4 is 10.6 Å². The molecule has 1 fully saturated rings. The molecule has 0 atom stereocenters. The number of aliphatic hydroxyl groups excluding tert-OH is 2. The Kier molecular flexibility index (Phi) is 12.2. The molecular formula is C11H25N3O2. The van der Waals surface area contributed by atoms with Crippen molar-refractivity contribution < 1.29 is 10.2 Å². The molecule has 0 unspecified atom stereocenters. The highest BCUT2D eigenvalue weighted by atomic mass is 16.3. The van der Waals surface area contributed by atoms with Crippen LogP contribution in [0.25, 0.3) is 0 Å². The summed E-state index contributed by atoms with van der Waals surface area (Å²) in [7, 11) is 0. The smallest absolute Gasteiger partial charge is 0.0555 e. The molecule has 0 aromatic heterocycles. The van der Waals surface area contributed by atoms with Crippen molar-refractivity contribution in [2.75, 3.05) is 59.0 Å². The standard InChI is InChI=1S/C7H14N2.C4H11NO2/c1-2-5-9-6-3-8-4-7-9;6-3-1-5-2-4-7/h2,8H,1,3-7H2;5-7H,1-4H2. The molecule has 0 saturated carbocycles. The first-order valence-corrected chi connectivity index (χ1v) is 5.81. The van der Waals surface area contributed by atoms with E-state index in [1.807, 2.05) is 6.08 Å². The molecule has 1 aliphatic heterocycles. The second kappa shape index (κ2) is 12.6. The van der Waals surface area contributed by atoms with Gasteiger partial charge in [0.2, 0.25) is 0 Å². The lowest BCUT2D eigenvalue weighted by molar-refractivity contribution is 0.265. The lowest BCUT2D eigenvalue weighted by atomic mass is 10.3. The summed E-state index contributed by atoms with van der Waals surface area (Å²) in [5.41, 5.74) is 0. The molecule has 0 bridgehead atoms. The normalized spacial score (nSPS) is 16.4. The van der Waals surface area contributed by atoms with Crippen molar-refractivity contribution in [3.05, 3.63) is 12.7 Å². The Morgan fingerprint density at radius 3 is 2.19 bits per heavy atom. The zero-order valence-electron chi connectivity index (χ0n) is 9.99. The van der Waals surface area contributed by atoms with E-state index in [-0.39, 0.29) is 13.2 Å². The maximum Gasteiger partial charge on any atom is 0.0555 e. The first-order valence-electron chi connectivity index (χ1n) is 5.81. The highest BCUT2D eigenvalue weighted by Gasteiger charge is 2.05. The van der Waals surface area contributed by atoms with Gasteiger partial charge < -0.3 is 20.8 Å². The highest BCUT2D eigenvalue weighted by molar-refractivity contribution is 4.76. The number of hydrogen-bond acceptors (Lipinski definition) is 5. The van der Waals surface area contributed by atoms with Gasteiger partial charge in [-0.3, -0.25) is 4.90 Å². The Morgan fingerprint density at radius 2 is 1.75 bits per heavy atom. The minimum Gasteiger partial charge on any atom is -0.395 e. The minimum atomic E-state index is 0.139. The van der Waals surface area contributed by atoms with Crippen LogP contribution in [-0.2, 0) is 0 Å². The van der Waals surface area contributed by atoms with Gasteiger partial charge in [0.15, 0.2) is 0 Å². The van der Waals surface area contributed by atoms with Crippen molar-refractivity contribution in [2.45, 2.75) is 0 Å². The number of hydrogen-bond donors (Lipinski definition) is 4. The average molecular weight is 231 g/mol. The number of nitrogens with one attached hydrogen (secondary N) is 2. The van der Waals surface area contributed by atoms with Gasteiger partial charge in [0, 0.05) is 45.8 Å². The van der Waals surface area contributed by atoms with Crippen molar-refractivity contribution in [1.82, 2.24) is 15.5 Å². The fraction of sp³-hybridized carbons (Fsp3) is 0.818. The van der Waals surface area contributed by atoms with E-state index in [0.29, 0.717) is 13.1 Å². The molecule has 1 rings (SSSR count). The van der Waals surface area contributed by atoms with Crippen LogP contribution in [0.3, 0.4) is 0 Å². The molecule has 5 nitrogen and oxygen atoms in total. The third-order valence-electron chi connectivity index (χ3n) is 2.17. The van der Waals surface area contributed by atoms with Crippen LogP contribution in [0.15, 0.2) is 12.7 Å². The van der Waals surface area contributed by atoms with Gasteiger partial charge in [-0.25, -0.2) is 0 Å². The van der Waals surface area contributed by atoms with Crippen molar-refractivity contribution >= 4 is 0 Å². The minimum absolute atomic E-state index is 0.139. The molecule has 96 valence electrons. The Hall–Kier alpha value is -0.460. The summed E-state index contributed by atoms with van der Waals surface area (Å²) < 4.78 is 0. The maximum atomic E-state index is 8.15. The number of aliphatic hydroxyl groups is 2. The van der Waals surface area contributed by atoms with Gasteiger partial charge in [-0.15, -0.1) is 6.58 Å². The summed E-state index contributed by atoms with van der Waals surface area (Å²) in [6.45, 7) is 10.8. The first kappa shape index (κ1) is 15.5. The van der Waals surface area contributed by atoms with Crippen molar-refractivity contribution in [2.24, 2.45) is 0 Å². The van der Waals surface area contributed by atoms with E-state index < -0.39 is 0 Å². The van der Waals surface area contributed by atoms with E-state index in [2.05, 4.69) is 22.1 Å². The van der Waals surface area contributed by atoms with E-state index in [4.69, 9.17) is 10.2 Å². The van der Waals surface area contributed by atoms with Gasteiger partial charge in [-0.2, -0.15) is 0 Å². The van der Waals surface area contributed by atoms with E-state index in [1.54, 1.807) is 0 Å². The number of nitrogens with zero attached hydrogens (tertiary/aromatic N) is 1. The van der Waals surface area contributed by atoms with Gasteiger partial charge in [0.05, 0.1) is 13.2 Å². The van der Waals surface area contributed by atoms with Crippen LogP contribution >= 0.6 is 0 Å². The molecule has 5 heteroatoms. The zero-order chi connectivity index (χ0) is 12.1. The molecule has 0 spiro atoms. The van der Waals surface area contributed by atoms with E-state index in [0.717, 1.165) is 19.6 Å². The van der Waals surface area contributed by atoms with Crippen LogP contribution in [0.4, 0.5) is 0 Å². The molecule has 0 radical (unpaired) electrons. The Balaban J connectivity index is 0.000000293. The van der Waals surface area contributed by atoms with E-state index in [1.165, 1.54) is 13.1 Å². The topological polar surface area (TPSA) is 67.8 Å². The predicted octanol–water partition coefficient (Wildman–Crippen LogP) is -1.36. The molecule has 0 aromatic carbocycles. The zero-order valence-corrected chi connectivity index (χ0v) is 9.99. The average Bonchev–Trinajstić information content (AvgIpc) is 2.32. The SMILES string of the molecule is C=CCN1CCNCC1.OCCNCCO. The summed E-state index contributed by atoms with van der Waals surface area (Å²) in [5.74, 6) is 0. The van der Waals surface area contributed by atoms with E-state index in [9.17, 15) is 0 Å². The third-order valence-corrected chi connectivity index (χ3v) is 2.17. The summed E-state index contributed by atoms with van der Waals surface area (Å²) >= 11 is 0. The maximum absolute atomic E-state index is 8.15. The molecule has 0 aliphatic carbocycles. The molecular weight excluding hydrogens is 206 g/mol. The quantitative estimate of drug-likeness (QED) is 0.336.